The second kappa shape index (κ2) is 6.53. The molecule has 3 aliphatic carbocycles. The Morgan fingerprint density at radius 3 is 2.60 bits per heavy atom. The molecule has 3 nitrogen and oxygen atoms in total. The Kier molecular flexibility index (Phi) is 4.09. The van der Waals surface area contributed by atoms with E-state index in [1.54, 1.807) is 0 Å². The number of halogens is 1. The topological polar surface area (TPSA) is 38.1 Å². The number of benzene rings is 1. The van der Waals surface area contributed by atoms with Gasteiger partial charge in [-0.1, -0.05) is 31.8 Å². The molecule has 3 saturated carbocycles. The van der Waals surface area contributed by atoms with Crippen molar-refractivity contribution in [3.05, 3.63) is 47.7 Å². The molecule has 4 aliphatic rings. The molecule has 2 heterocycles. The lowest BCUT2D eigenvalue weighted by Crippen LogP contribution is -2.74. The van der Waals surface area contributed by atoms with Crippen molar-refractivity contribution < 1.29 is 9.50 Å². The van der Waals surface area contributed by atoms with Crippen molar-refractivity contribution in [2.24, 2.45) is 23.2 Å². The minimum atomic E-state index is -0.502. The third-order valence-electron chi connectivity index (χ3n) is 9.18. The summed E-state index contributed by atoms with van der Waals surface area (Å²) in [6.45, 7) is 3.23. The molecule has 1 aliphatic heterocycles. The number of nitrogens with zero attached hydrogens (tertiary/aromatic N) is 2. The molecule has 0 radical (unpaired) electrons. The van der Waals surface area contributed by atoms with E-state index in [1.807, 2.05) is 18.5 Å². The van der Waals surface area contributed by atoms with E-state index in [-0.39, 0.29) is 17.2 Å². The molecule has 1 spiro atoms. The highest BCUT2D eigenvalue weighted by atomic mass is 19.1. The number of hydrogen-bond donors (Lipinski definition) is 1. The molecule has 158 valence electrons. The molecule has 1 N–H and O–H groups in total. The number of aliphatic hydroxyl groups is 1. The van der Waals surface area contributed by atoms with Gasteiger partial charge in [-0.2, -0.15) is 0 Å². The Balaban J connectivity index is 1.39. The van der Waals surface area contributed by atoms with Crippen LogP contribution in [0.5, 0.6) is 0 Å². The molecule has 30 heavy (non-hydrogen) atoms. The van der Waals surface area contributed by atoms with E-state index in [0.29, 0.717) is 11.8 Å². The van der Waals surface area contributed by atoms with Crippen molar-refractivity contribution in [2.75, 3.05) is 0 Å². The molecule has 6 rings (SSSR count). The molecule has 0 saturated heterocycles. The first-order chi connectivity index (χ1) is 14.5. The van der Waals surface area contributed by atoms with Crippen molar-refractivity contribution in [3.8, 4) is 11.3 Å². The van der Waals surface area contributed by atoms with E-state index >= 15 is 0 Å². The lowest BCUT2D eigenvalue weighted by molar-refractivity contribution is -0.278. The van der Waals surface area contributed by atoms with E-state index in [2.05, 4.69) is 17.6 Å². The van der Waals surface area contributed by atoms with Crippen LogP contribution in [0.25, 0.3) is 17.3 Å². The monoisotopic (exact) mass is 406 g/mol. The van der Waals surface area contributed by atoms with Gasteiger partial charge < -0.3 is 9.67 Å². The molecule has 3 fully saturated rings. The summed E-state index contributed by atoms with van der Waals surface area (Å²) in [5.74, 6) is 0.905. The van der Waals surface area contributed by atoms with E-state index < -0.39 is 5.60 Å². The standard InChI is InChI=1S/C26H31FN2O/c1-17-25-15-29-16-28-24(18-10-12-21(27)13-11-18)22(29)14-20(25)8-5-9-23(25)26(17,30)19-6-3-2-4-7-19/h10-14,16-17,19,23,30H,2-9,15H2,1H3/t17?,23-,25+,26+/m0/s1. The molecule has 4 heteroatoms. The average Bonchev–Trinajstić information content (AvgIpc) is 3.19. The van der Waals surface area contributed by atoms with Crippen molar-refractivity contribution in [2.45, 2.75) is 70.4 Å². The Bertz CT molecular complexity index is 1000. The second-order valence-electron chi connectivity index (χ2n) is 10.2. The molecule has 4 atom stereocenters. The van der Waals surface area contributed by atoms with E-state index in [0.717, 1.165) is 36.3 Å². The fraction of sp³-hybridized carbons (Fsp3) is 0.577. The van der Waals surface area contributed by atoms with Gasteiger partial charge >= 0.3 is 0 Å². The summed E-state index contributed by atoms with van der Waals surface area (Å²) in [6, 6.07) is 6.65. The van der Waals surface area contributed by atoms with Gasteiger partial charge in [-0.3, -0.25) is 0 Å². The van der Waals surface area contributed by atoms with Crippen molar-refractivity contribution >= 4 is 6.08 Å². The third kappa shape index (κ3) is 2.32. The zero-order valence-electron chi connectivity index (χ0n) is 17.8. The van der Waals surface area contributed by atoms with E-state index in [9.17, 15) is 9.50 Å². The summed E-state index contributed by atoms with van der Waals surface area (Å²) in [6.07, 6.45) is 14.0. The summed E-state index contributed by atoms with van der Waals surface area (Å²) in [5, 5.41) is 12.0. The first-order valence-corrected chi connectivity index (χ1v) is 11.8. The minimum absolute atomic E-state index is 0.0816. The molecule has 0 amide bonds. The minimum Gasteiger partial charge on any atom is -0.389 e. The maximum absolute atomic E-state index is 13.4. The maximum atomic E-state index is 13.4. The fourth-order valence-electron chi connectivity index (χ4n) is 7.76. The number of hydrogen-bond acceptors (Lipinski definition) is 2. The lowest BCUT2D eigenvalue weighted by atomic mass is 9.35. The lowest BCUT2D eigenvalue weighted by Gasteiger charge is -2.71. The number of aromatic nitrogens is 2. The zero-order chi connectivity index (χ0) is 20.5. The van der Waals surface area contributed by atoms with Gasteiger partial charge in [-0.25, -0.2) is 9.37 Å². The van der Waals surface area contributed by atoms with Gasteiger partial charge in [0.1, 0.15) is 5.82 Å². The quantitative estimate of drug-likeness (QED) is 0.681. The van der Waals surface area contributed by atoms with E-state index in [4.69, 9.17) is 4.98 Å². The van der Waals surface area contributed by atoms with Gasteiger partial charge in [0.05, 0.1) is 23.3 Å². The van der Waals surface area contributed by atoms with Crippen LogP contribution in [0.3, 0.4) is 0 Å². The van der Waals surface area contributed by atoms with Crippen LogP contribution in [0.4, 0.5) is 4.39 Å². The maximum Gasteiger partial charge on any atom is 0.123 e. The second-order valence-corrected chi connectivity index (χ2v) is 10.2. The van der Waals surface area contributed by atoms with Crippen LogP contribution in [-0.4, -0.2) is 20.3 Å². The van der Waals surface area contributed by atoms with Crippen molar-refractivity contribution in [3.63, 3.8) is 0 Å². The molecule has 0 bridgehead atoms. The van der Waals surface area contributed by atoms with Gasteiger partial charge in [0, 0.05) is 17.5 Å². The van der Waals surface area contributed by atoms with Crippen LogP contribution in [0, 0.1) is 29.0 Å². The largest absolute Gasteiger partial charge is 0.389 e. The van der Waals surface area contributed by atoms with Gasteiger partial charge in [-0.05, 0) is 80.2 Å². The summed E-state index contributed by atoms with van der Waals surface area (Å²) >= 11 is 0. The average molecular weight is 407 g/mol. The Labute approximate surface area is 178 Å². The summed E-state index contributed by atoms with van der Waals surface area (Å²) in [4.78, 5) is 4.72. The van der Waals surface area contributed by atoms with Gasteiger partial charge in [0.2, 0.25) is 0 Å². The molecule has 1 unspecified atom stereocenters. The van der Waals surface area contributed by atoms with Crippen LogP contribution in [0.1, 0.15) is 64.0 Å². The van der Waals surface area contributed by atoms with Crippen LogP contribution in [0.15, 0.2) is 36.2 Å². The molecule has 1 aromatic carbocycles. The Morgan fingerprint density at radius 1 is 1.07 bits per heavy atom. The van der Waals surface area contributed by atoms with Gasteiger partial charge in [0.15, 0.2) is 0 Å². The van der Waals surface area contributed by atoms with Crippen molar-refractivity contribution in [1.29, 1.82) is 0 Å². The van der Waals surface area contributed by atoms with Crippen LogP contribution < -0.4 is 0 Å². The number of fused-ring (bicyclic) bond motifs is 1. The highest BCUT2D eigenvalue weighted by Gasteiger charge is 2.72. The molecular formula is C26H31FN2O. The Morgan fingerprint density at radius 2 is 1.83 bits per heavy atom. The normalized spacial score (nSPS) is 35.6. The van der Waals surface area contributed by atoms with Crippen molar-refractivity contribution in [1.82, 2.24) is 9.55 Å². The highest BCUT2D eigenvalue weighted by molar-refractivity contribution is 5.73. The van der Waals surface area contributed by atoms with E-state index in [1.165, 1.54) is 56.2 Å². The zero-order valence-corrected chi connectivity index (χ0v) is 17.8. The third-order valence-corrected chi connectivity index (χ3v) is 9.18. The first kappa shape index (κ1) is 18.8. The predicted molar refractivity (Wildman–Crippen MR) is 116 cm³/mol. The summed E-state index contributed by atoms with van der Waals surface area (Å²) in [7, 11) is 0. The SMILES string of the molecule is CC1[C@@](O)(C2CCCCC2)[C@H]2CCCC3=Cc4c(-c5ccc(F)cc5)ncn4C[C@]312. The predicted octanol–water partition coefficient (Wildman–Crippen LogP) is 5.83. The molecular weight excluding hydrogens is 375 g/mol. The molecule has 1 aromatic heterocycles. The number of allylic oxidation sites excluding steroid dienone is 1. The number of imidazole rings is 1. The summed E-state index contributed by atoms with van der Waals surface area (Å²) < 4.78 is 15.7. The van der Waals surface area contributed by atoms with Crippen LogP contribution in [0.2, 0.25) is 0 Å². The highest BCUT2D eigenvalue weighted by Crippen LogP contribution is 2.71. The fourth-order valence-corrected chi connectivity index (χ4v) is 7.76. The van der Waals surface area contributed by atoms with Gasteiger partial charge in [-0.15, -0.1) is 0 Å². The van der Waals surface area contributed by atoms with Gasteiger partial charge in [0.25, 0.3) is 0 Å². The molecule has 2 aromatic rings. The van der Waals surface area contributed by atoms with Crippen LogP contribution >= 0.6 is 0 Å². The van der Waals surface area contributed by atoms with Crippen LogP contribution in [-0.2, 0) is 6.54 Å². The Hall–Kier alpha value is -1.94. The summed E-state index contributed by atoms with van der Waals surface area (Å²) in [5.41, 5.74) is 4.14. The first-order valence-electron chi connectivity index (χ1n) is 11.8. The smallest absolute Gasteiger partial charge is 0.123 e. The number of rotatable bonds is 2.